The van der Waals surface area contributed by atoms with Crippen molar-refractivity contribution in [2.75, 3.05) is 5.73 Å². The zero-order valence-electron chi connectivity index (χ0n) is 11.5. The number of nitrogens with one attached hydrogen (secondary N) is 1. The Morgan fingerprint density at radius 2 is 2.05 bits per heavy atom. The molecule has 0 aliphatic carbocycles. The average molecular weight is 311 g/mol. The van der Waals surface area contributed by atoms with Crippen molar-refractivity contribution >= 4 is 27.0 Å². The van der Waals surface area contributed by atoms with Crippen molar-refractivity contribution in [3.05, 3.63) is 40.3 Å². The first-order valence-electron chi connectivity index (χ1n) is 6.02. The minimum atomic E-state index is -3.70. The van der Waals surface area contributed by atoms with Crippen LogP contribution in [0.2, 0.25) is 0 Å². The molecule has 0 saturated heterocycles. The van der Waals surface area contributed by atoms with Crippen LogP contribution in [0, 0.1) is 6.92 Å². The molecule has 7 heteroatoms. The summed E-state index contributed by atoms with van der Waals surface area (Å²) < 4.78 is 27.6. The van der Waals surface area contributed by atoms with Crippen LogP contribution in [0.25, 0.3) is 0 Å². The van der Waals surface area contributed by atoms with Gasteiger partial charge < -0.3 is 5.73 Å². The summed E-state index contributed by atoms with van der Waals surface area (Å²) in [5.74, 6) is 0. The number of sulfonamides is 1. The Kier molecular flexibility index (Phi) is 3.86. The molecule has 1 heterocycles. The van der Waals surface area contributed by atoms with Gasteiger partial charge in [0.05, 0.1) is 11.2 Å². The minimum absolute atomic E-state index is 0.0905. The Balaban J connectivity index is 2.37. The van der Waals surface area contributed by atoms with Crippen LogP contribution in [0.15, 0.2) is 34.7 Å². The molecule has 2 aromatic rings. The number of aromatic nitrogens is 1. The van der Waals surface area contributed by atoms with Crippen molar-refractivity contribution in [1.82, 2.24) is 9.71 Å². The maximum atomic E-state index is 12.5. The zero-order chi connectivity index (χ0) is 15.0. The van der Waals surface area contributed by atoms with Crippen molar-refractivity contribution in [2.45, 2.75) is 31.2 Å². The largest absolute Gasteiger partial charge is 0.398 e. The van der Waals surface area contributed by atoms with Gasteiger partial charge in [0.25, 0.3) is 0 Å². The summed E-state index contributed by atoms with van der Waals surface area (Å²) in [5.41, 5.74) is 6.19. The van der Waals surface area contributed by atoms with Gasteiger partial charge in [-0.05, 0) is 38.5 Å². The monoisotopic (exact) mass is 311 g/mol. The van der Waals surface area contributed by atoms with Crippen LogP contribution in [0.3, 0.4) is 0 Å². The summed E-state index contributed by atoms with van der Waals surface area (Å²) in [4.78, 5) is 4.25. The molecule has 0 aliphatic rings. The van der Waals surface area contributed by atoms with E-state index in [2.05, 4.69) is 9.71 Å². The Morgan fingerprint density at radius 1 is 1.35 bits per heavy atom. The van der Waals surface area contributed by atoms with Gasteiger partial charge in [0, 0.05) is 11.6 Å². The van der Waals surface area contributed by atoms with Crippen LogP contribution in [0.1, 0.15) is 24.4 Å². The Bertz CT molecular complexity index is 707. The lowest BCUT2D eigenvalue weighted by Gasteiger charge is -2.24. The van der Waals surface area contributed by atoms with E-state index in [1.807, 2.05) is 12.3 Å². The van der Waals surface area contributed by atoms with Gasteiger partial charge in [-0.15, -0.1) is 11.3 Å². The molecule has 0 unspecified atom stereocenters. The highest BCUT2D eigenvalue weighted by Gasteiger charge is 2.30. The molecule has 1 aromatic heterocycles. The van der Waals surface area contributed by atoms with Crippen molar-refractivity contribution in [3.63, 3.8) is 0 Å². The van der Waals surface area contributed by atoms with Gasteiger partial charge in [-0.3, -0.25) is 0 Å². The summed E-state index contributed by atoms with van der Waals surface area (Å²) in [5, 5.41) is 2.51. The van der Waals surface area contributed by atoms with Crippen molar-refractivity contribution < 1.29 is 8.42 Å². The third kappa shape index (κ3) is 3.00. The number of aryl methyl sites for hydroxylation is 1. The van der Waals surface area contributed by atoms with E-state index in [0.717, 1.165) is 5.56 Å². The highest BCUT2D eigenvalue weighted by Crippen LogP contribution is 2.26. The molecule has 0 saturated carbocycles. The molecule has 108 valence electrons. The van der Waals surface area contributed by atoms with Crippen LogP contribution in [-0.4, -0.2) is 13.4 Å². The number of thiazole rings is 1. The van der Waals surface area contributed by atoms with E-state index < -0.39 is 15.6 Å². The van der Waals surface area contributed by atoms with Crippen LogP contribution in [0.4, 0.5) is 5.69 Å². The molecule has 2 rings (SSSR count). The second kappa shape index (κ2) is 5.16. The molecule has 0 fully saturated rings. The molecule has 0 bridgehead atoms. The number of benzene rings is 1. The third-order valence-corrected chi connectivity index (χ3v) is 5.64. The lowest BCUT2D eigenvalue weighted by atomic mass is 10.1. The zero-order valence-corrected chi connectivity index (χ0v) is 13.2. The second-order valence-electron chi connectivity index (χ2n) is 5.11. The fourth-order valence-corrected chi connectivity index (χ4v) is 4.16. The summed E-state index contributed by atoms with van der Waals surface area (Å²) in [6.45, 7) is 5.40. The maximum Gasteiger partial charge on any atom is 0.243 e. The van der Waals surface area contributed by atoms with Crippen molar-refractivity contribution in [2.24, 2.45) is 0 Å². The summed E-state index contributed by atoms with van der Waals surface area (Å²) in [6, 6.07) is 4.89. The van der Waals surface area contributed by atoms with E-state index in [1.54, 1.807) is 32.2 Å². The number of anilines is 1. The Morgan fingerprint density at radius 3 is 2.60 bits per heavy atom. The van der Waals surface area contributed by atoms with Gasteiger partial charge >= 0.3 is 0 Å². The maximum absolute atomic E-state index is 12.5. The Labute approximate surface area is 122 Å². The molecular weight excluding hydrogens is 294 g/mol. The van der Waals surface area contributed by atoms with E-state index in [9.17, 15) is 8.42 Å². The molecule has 0 aliphatic heterocycles. The topological polar surface area (TPSA) is 85.1 Å². The molecule has 0 spiro atoms. The van der Waals surface area contributed by atoms with E-state index >= 15 is 0 Å². The SMILES string of the molecule is Cc1ccc(S(=O)(=O)NC(C)(C)c2nccs2)c(N)c1. The molecule has 1 aromatic carbocycles. The summed E-state index contributed by atoms with van der Waals surface area (Å²) >= 11 is 1.40. The molecule has 0 atom stereocenters. The van der Waals surface area contributed by atoms with Crippen LogP contribution in [-0.2, 0) is 15.6 Å². The molecule has 0 radical (unpaired) electrons. The summed E-state index contributed by atoms with van der Waals surface area (Å²) in [6.07, 6.45) is 1.65. The number of hydrogen-bond acceptors (Lipinski definition) is 5. The third-order valence-electron chi connectivity index (χ3n) is 2.81. The van der Waals surface area contributed by atoms with Gasteiger partial charge in [0.1, 0.15) is 9.90 Å². The highest BCUT2D eigenvalue weighted by molar-refractivity contribution is 7.89. The molecule has 0 amide bonds. The van der Waals surface area contributed by atoms with Gasteiger partial charge in [-0.2, -0.15) is 4.72 Å². The summed E-state index contributed by atoms with van der Waals surface area (Å²) in [7, 11) is -3.70. The molecular formula is C13H17N3O2S2. The van der Waals surface area contributed by atoms with Crippen LogP contribution < -0.4 is 10.5 Å². The number of nitrogens with zero attached hydrogens (tertiary/aromatic N) is 1. The van der Waals surface area contributed by atoms with Crippen molar-refractivity contribution in [3.8, 4) is 0 Å². The van der Waals surface area contributed by atoms with E-state index in [4.69, 9.17) is 5.73 Å². The van der Waals surface area contributed by atoms with E-state index in [0.29, 0.717) is 5.01 Å². The molecule has 20 heavy (non-hydrogen) atoms. The second-order valence-corrected chi connectivity index (χ2v) is 7.65. The van der Waals surface area contributed by atoms with Gasteiger partial charge in [0.15, 0.2) is 0 Å². The fraction of sp³-hybridized carbons (Fsp3) is 0.308. The quantitative estimate of drug-likeness (QED) is 0.848. The fourth-order valence-electron chi connectivity index (χ4n) is 1.88. The first-order chi connectivity index (χ1) is 9.22. The normalized spacial score (nSPS) is 12.6. The van der Waals surface area contributed by atoms with Gasteiger partial charge in [-0.1, -0.05) is 6.07 Å². The van der Waals surface area contributed by atoms with Gasteiger partial charge in [-0.25, -0.2) is 13.4 Å². The Hall–Kier alpha value is -1.44. The first-order valence-corrected chi connectivity index (χ1v) is 8.39. The number of nitrogen functional groups attached to an aromatic ring is 1. The lowest BCUT2D eigenvalue weighted by Crippen LogP contribution is -2.41. The lowest BCUT2D eigenvalue weighted by molar-refractivity contribution is 0.470. The molecule has 3 N–H and O–H groups in total. The average Bonchev–Trinajstić information content (AvgIpc) is 2.80. The predicted octanol–water partition coefficient (Wildman–Crippen LogP) is 2.25. The highest BCUT2D eigenvalue weighted by atomic mass is 32.2. The van der Waals surface area contributed by atoms with E-state index in [-0.39, 0.29) is 10.6 Å². The van der Waals surface area contributed by atoms with Gasteiger partial charge in [0.2, 0.25) is 10.0 Å². The van der Waals surface area contributed by atoms with E-state index in [1.165, 1.54) is 17.4 Å². The minimum Gasteiger partial charge on any atom is -0.398 e. The first kappa shape index (κ1) is 15.0. The van der Waals surface area contributed by atoms with Crippen LogP contribution in [0.5, 0.6) is 0 Å². The number of nitrogens with two attached hydrogens (primary N) is 1. The number of rotatable bonds is 4. The van der Waals surface area contributed by atoms with Crippen molar-refractivity contribution in [1.29, 1.82) is 0 Å². The number of hydrogen-bond donors (Lipinski definition) is 2. The molecule has 5 nitrogen and oxygen atoms in total. The smallest absolute Gasteiger partial charge is 0.243 e. The standard InChI is InChI=1S/C13H17N3O2S2/c1-9-4-5-11(10(14)8-9)20(17,18)16-13(2,3)12-15-6-7-19-12/h4-8,16H,14H2,1-3H3. The predicted molar refractivity (Wildman–Crippen MR) is 81.1 cm³/mol. The van der Waals surface area contributed by atoms with Crippen LogP contribution >= 0.6 is 11.3 Å².